The van der Waals surface area contributed by atoms with Gasteiger partial charge in [-0.3, -0.25) is 4.79 Å². The van der Waals surface area contributed by atoms with Crippen molar-refractivity contribution in [1.29, 1.82) is 0 Å². The summed E-state index contributed by atoms with van der Waals surface area (Å²) in [6, 6.07) is 10.3. The molecule has 29 heavy (non-hydrogen) atoms. The third kappa shape index (κ3) is 5.10. The molecule has 1 aromatic carbocycles. The summed E-state index contributed by atoms with van der Waals surface area (Å²) in [5, 5.41) is 3.06. The van der Waals surface area contributed by atoms with Gasteiger partial charge in [0, 0.05) is 45.8 Å². The molecule has 0 aliphatic carbocycles. The minimum atomic E-state index is 0.0406. The van der Waals surface area contributed by atoms with E-state index >= 15 is 0 Å². The van der Waals surface area contributed by atoms with Gasteiger partial charge in [0.25, 0.3) is 0 Å². The van der Waals surface area contributed by atoms with Crippen molar-refractivity contribution in [1.82, 2.24) is 15.1 Å². The van der Waals surface area contributed by atoms with Crippen molar-refractivity contribution in [3.8, 4) is 0 Å². The van der Waals surface area contributed by atoms with Gasteiger partial charge in [-0.05, 0) is 49.5 Å². The molecule has 6 nitrogen and oxygen atoms in total. The predicted molar refractivity (Wildman–Crippen MR) is 112 cm³/mol. The fraction of sp³-hybridized carbons (Fsp3) is 0.652. The highest BCUT2D eigenvalue weighted by atomic mass is 16.5. The lowest BCUT2D eigenvalue weighted by Crippen LogP contribution is -2.54. The van der Waals surface area contributed by atoms with Crippen molar-refractivity contribution in [3.05, 3.63) is 35.9 Å². The van der Waals surface area contributed by atoms with Crippen LogP contribution in [0.5, 0.6) is 0 Å². The van der Waals surface area contributed by atoms with Crippen LogP contribution in [0.1, 0.15) is 44.1 Å². The highest BCUT2D eigenvalue weighted by Crippen LogP contribution is 2.40. The second-order valence-electron chi connectivity index (χ2n) is 8.86. The van der Waals surface area contributed by atoms with E-state index < -0.39 is 0 Å². The monoisotopic (exact) mass is 399 g/mol. The highest BCUT2D eigenvalue weighted by Gasteiger charge is 2.42. The third-order valence-corrected chi connectivity index (χ3v) is 6.84. The fourth-order valence-corrected chi connectivity index (χ4v) is 4.97. The highest BCUT2D eigenvalue weighted by molar-refractivity contribution is 5.77. The molecule has 1 atom stereocenters. The molecule has 1 aromatic rings. The fourth-order valence-electron chi connectivity index (χ4n) is 4.97. The van der Waals surface area contributed by atoms with Crippen LogP contribution in [0.2, 0.25) is 0 Å². The number of rotatable bonds is 5. The van der Waals surface area contributed by atoms with Crippen LogP contribution in [0.4, 0.5) is 4.79 Å². The number of nitrogens with zero attached hydrogens (tertiary/aromatic N) is 2. The number of likely N-dealkylation sites (tertiary alicyclic amines) is 2. The van der Waals surface area contributed by atoms with Crippen LogP contribution in [0.15, 0.2) is 30.3 Å². The van der Waals surface area contributed by atoms with E-state index in [9.17, 15) is 9.59 Å². The number of ether oxygens (including phenoxy) is 1. The average Bonchev–Trinajstić information content (AvgIpc) is 3.25. The van der Waals surface area contributed by atoms with Crippen molar-refractivity contribution in [2.75, 3.05) is 39.3 Å². The topological polar surface area (TPSA) is 61.9 Å². The van der Waals surface area contributed by atoms with Crippen LogP contribution in [-0.4, -0.2) is 67.2 Å². The molecule has 4 rings (SSSR count). The molecule has 1 unspecified atom stereocenters. The van der Waals surface area contributed by atoms with Crippen LogP contribution in [0, 0.1) is 5.41 Å². The van der Waals surface area contributed by atoms with Crippen LogP contribution in [-0.2, 0) is 16.0 Å². The Morgan fingerprint density at radius 1 is 1.17 bits per heavy atom. The molecule has 3 aliphatic rings. The van der Waals surface area contributed by atoms with Gasteiger partial charge in [-0.2, -0.15) is 0 Å². The van der Waals surface area contributed by atoms with Gasteiger partial charge in [-0.15, -0.1) is 0 Å². The van der Waals surface area contributed by atoms with Gasteiger partial charge in [0.05, 0.1) is 6.10 Å². The second-order valence-corrected chi connectivity index (χ2v) is 8.86. The molecule has 3 aliphatic heterocycles. The number of carbonyl (C=O) groups excluding carboxylic acids is 2. The first-order chi connectivity index (χ1) is 14.1. The quantitative estimate of drug-likeness (QED) is 0.828. The second kappa shape index (κ2) is 9.16. The van der Waals surface area contributed by atoms with Crippen molar-refractivity contribution in [2.24, 2.45) is 5.41 Å². The lowest BCUT2D eigenvalue weighted by Gasteiger charge is -2.47. The first-order valence-electron chi connectivity index (χ1n) is 11.1. The summed E-state index contributed by atoms with van der Waals surface area (Å²) in [7, 11) is 0. The zero-order chi connectivity index (χ0) is 20.1. The van der Waals surface area contributed by atoms with E-state index in [1.165, 1.54) is 5.56 Å². The van der Waals surface area contributed by atoms with Crippen molar-refractivity contribution in [2.45, 2.75) is 51.0 Å². The Hall–Kier alpha value is -2.08. The van der Waals surface area contributed by atoms with Crippen LogP contribution >= 0.6 is 0 Å². The molecule has 1 N–H and O–H groups in total. The summed E-state index contributed by atoms with van der Waals surface area (Å²) in [6.45, 7) is 4.61. The van der Waals surface area contributed by atoms with Crippen molar-refractivity contribution in [3.63, 3.8) is 0 Å². The lowest BCUT2D eigenvalue weighted by atomic mass is 9.72. The van der Waals surface area contributed by atoms with E-state index in [1.54, 1.807) is 0 Å². The molecule has 0 aromatic heterocycles. The van der Waals surface area contributed by atoms with E-state index in [4.69, 9.17) is 4.74 Å². The van der Waals surface area contributed by atoms with Gasteiger partial charge < -0.3 is 19.9 Å². The maximum Gasteiger partial charge on any atom is 0.317 e. The number of amides is 3. The number of hydrogen-bond donors (Lipinski definition) is 1. The van der Waals surface area contributed by atoms with Crippen LogP contribution in [0.25, 0.3) is 0 Å². The largest absolute Gasteiger partial charge is 0.376 e. The van der Waals surface area contributed by atoms with Gasteiger partial charge in [-0.1, -0.05) is 30.3 Å². The van der Waals surface area contributed by atoms with Gasteiger partial charge in [-0.25, -0.2) is 4.79 Å². The molecule has 6 heteroatoms. The molecule has 0 bridgehead atoms. The summed E-state index contributed by atoms with van der Waals surface area (Å²) >= 11 is 0. The molecule has 1 spiro atoms. The van der Waals surface area contributed by atoms with Gasteiger partial charge in [0.2, 0.25) is 5.91 Å². The first kappa shape index (κ1) is 20.2. The summed E-state index contributed by atoms with van der Waals surface area (Å²) in [5.74, 6) is 0.271. The molecule has 3 fully saturated rings. The summed E-state index contributed by atoms with van der Waals surface area (Å²) in [5.41, 5.74) is 1.41. The molecule has 3 saturated heterocycles. The zero-order valence-corrected chi connectivity index (χ0v) is 17.3. The van der Waals surface area contributed by atoms with Crippen molar-refractivity contribution >= 4 is 11.9 Å². The Labute approximate surface area is 173 Å². The number of piperidine rings is 2. The number of nitrogens with one attached hydrogen (secondary N) is 1. The molecular formula is C23H33N3O3. The Morgan fingerprint density at radius 3 is 2.69 bits per heavy atom. The Balaban J connectivity index is 1.23. The van der Waals surface area contributed by atoms with E-state index in [0.717, 1.165) is 71.3 Å². The number of benzene rings is 1. The maximum atomic E-state index is 12.5. The standard InChI is InChI=1S/C23H33N3O3/c27-21-8-10-23(18-26(21)17-20-7-4-16-29-20)11-14-25(15-12-23)22(28)24-13-9-19-5-2-1-3-6-19/h1-3,5-6,20H,4,7-18H2,(H,24,28). The number of hydrogen-bond acceptors (Lipinski definition) is 3. The molecule has 0 radical (unpaired) electrons. The molecule has 3 heterocycles. The molecule has 0 saturated carbocycles. The molecular weight excluding hydrogens is 366 g/mol. The van der Waals surface area contributed by atoms with E-state index in [1.807, 2.05) is 28.0 Å². The Morgan fingerprint density at radius 2 is 1.97 bits per heavy atom. The maximum absolute atomic E-state index is 12.5. The first-order valence-corrected chi connectivity index (χ1v) is 11.1. The predicted octanol–water partition coefficient (Wildman–Crippen LogP) is 2.82. The Bertz CT molecular complexity index is 695. The molecule has 3 amide bonds. The summed E-state index contributed by atoms with van der Waals surface area (Å²) in [4.78, 5) is 28.9. The molecule has 158 valence electrons. The normalized spacial score (nSPS) is 24.1. The van der Waals surface area contributed by atoms with E-state index in [0.29, 0.717) is 13.0 Å². The van der Waals surface area contributed by atoms with Crippen molar-refractivity contribution < 1.29 is 14.3 Å². The SMILES string of the molecule is O=C1CCC2(CCN(C(=O)NCCc3ccccc3)CC2)CN1CC1CCCO1. The number of carbonyl (C=O) groups is 2. The van der Waals surface area contributed by atoms with Gasteiger partial charge in [0.1, 0.15) is 0 Å². The average molecular weight is 400 g/mol. The zero-order valence-electron chi connectivity index (χ0n) is 17.3. The minimum Gasteiger partial charge on any atom is -0.376 e. The lowest BCUT2D eigenvalue weighted by molar-refractivity contribution is -0.140. The summed E-state index contributed by atoms with van der Waals surface area (Å²) in [6.07, 6.45) is 6.78. The van der Waals surface area contributed by atoms with E-state index in [2.05, 4.69) is 17.4 Å². The van der Waals surface area contributed by atoms with Crippen LogP contribution < -0.4 is 5.32 Å². The Kier molecular flexibility index (Phi) is 6.38. The van der Waals surface area contributed by atoms with Crippen LogP contribution in [0.3, 0.4) is 0 Å². The van der Waals surface area contributed by atoms with Gasteiger partial charge in [0.15, 0.2) is 0 Å². The smallest absolute Gasteiger partial charge is 0.317 e. The van der Waals surface area contributed by atoms with E-state index in [-0.39, 0.29) is 23.5 Å². The minimum absolute atomic E-state index is 0.0406. The number of urea groups is 1. The van der Waals surface area contributed by atoms with Gasteiger partial charge >= 0.3 is 6.03 Å². The third-order valence-electron chi connectivity index (χ3n) is 6.84. The summed E-state index contributed by atoms with van der Waals surface area (Å²) < 4.78 is 5.74.